The number of urea groups is 1. The maximum Gasteiger partial charge on any atom is 0.331 e. The zero-order chi connectivity index (χ0) is 16.1. The minimum Gasteiger partial charge on any atom is -0.496 e. The minimum absolute atomic E-state index is 0.0763. The fourth-order valence-corrected chi connectivity index (χ4v) is 2.05. The number of para-hydroxylation sites is 1. The highest BCUT2D eigenvalue weighted by Crippen LogP contribution is 2.19. The second-order valence-electron chi connectivity index (χ2n) is 4.49. The van der Waals surface area contributed by atoms with Gasteiger partial charge in [0.15, 0.2) is 0 Å². The standard InChI is InChI=1S/C16H16N2O4/c1-3-18-15(20)12(14(19)17-16(18)21)9-6-8-11-7-4-5-10-13(11)22-2/h4-10H,3H2,1-2H3,(H,17,19,21)/b8-6+,12-9+. The van der Waals surface area contributed by atoms with E-state index < -0.39 is 17.8 Å². The van der Waals surface area contributed by atoms with Crippen molar-refractivity contribution in [1.29, 1.82) is 0 Å². The molecule has 0 aliphatic carbocycles. The number of ether oxygens (including phenoxy) is 1. The van der Waals surface area contributed by atoms with Crippen LogP contribution in [0.4, 0.5) is 4.79 Å². The second kappa shape index (κ2) is 6.71. The molecule has 1 saturated heterocycles. The van der Waals surface area contributed by atoms with Gasteiger partial charge >= 0.3 is 6.03 Å². The number of nitrogens with zero attached hydrogens (tertiary/aromatic N) is 1. The third kappa shape index (κ3) is 3.06. The minimum atomic E-state index is -0.691. The quantitative estimate of drug-likeness (QED) is 0.679. The summed E-state index contributed by atoms with van der Waals surface area (Å²) < 4.78 is 5.21. The molecule has 22 heavy (non-hydrogen) atoms. The molecule has 1 N–H and O–H groups in total. The van der Waals surface area contributed by atoms with Crippen LogP contribution < -0.4 is 10.1 Å². The summed E-state index contributed by atoms with van der Waals surface area (Å²) in [6, 6.07) is 6.66. The van der Waals surface area contributed by atoms with Gasteiger partial charge in [-0.3, -0.25) is 19.8 Å². The highest BCUT2D eigenvalue weighted by molar-refractivity contribution is 6.28. The molecule has 1 aromatic carbocycles. The van der Waals surface area contributed by atoms with E-state index in [2.05, 4.69) is 5.32 Å². The molecule has 1 aliphatic heterocycles. The number of allylic oxidation sites excluding steroid dienone is 2. The van der Waals surface area contributed by atoms with E-state index in [1.807, 2.05) is 24.3 Å². The first-order chi connectivity index (χ1) is 10.6. The fraction of sp³-hybridized carbons (Fsp3) is 0.188. The highest BCUT2D eigenvalue weighted by atomic mass is 16.5. The lowest BCUT2D eigenvalue weighted by atomic mass is 10.1. The molecule has 0 unspecified atom stereocenters. The Morgan fingerprint density at radius 1 is 1.23 bits per heavy atom. The number of amides is 4. The van der Waals surface area contributed by atoms with E-state index >= 15 is 0 Å². The largest absolute Gasteiger partial charge is 0.496 e. The number of nitrogens with one attached hydrogen (secondary N) is 1. The van der Waals surface area contributed by atoms with Gasteiger partial charge in [0, 0.05) is 12.1 Å². The molecule has 0 saturated carbocycles. The first-order valence-electron chi connectivity index (χ1n) is 6.77. The Morgan fingerprint density at radius 2 is 1.95 bits per heavy atom. The molecule has 0 aromatic heterocycles. The van der Waals surface area contributed by atoms with Crippen LogP contribution >= 0.6 is 0 Å². The van der Waals surface area contributed by atoms with E-state index in [1.165, 1.54) is 6.08 Å². The Labute approximate surface area is 128 Å². The van der Waals surface area contributed by atoms with Gasteiger partial charge in [-0.05, 0) is 19.1 Å². The Kier molecular flexibility index (Phi) is 4.73. The number of benzene rings is 1. The molecule has 2 rings (SSSR count). The number of imide groups is 2. The summed E-state index contributed by atoms with van der Waals surface area (Å²) >= 11 is 0. The number of barbiturate groups is 1. The van der Waals surface area contributed by atoms with Crippen LogP contribution in [-0.4, -0.2) is 36.4 Å². The third-order valence-electron chi connectivity index (χ3n) is 3.18. The van der Waals surface area contributed by atoms with Gasteiger partial charge in [-0.15, -0.1) is 0 Å². The smallest absolute Gasteiger partial charge is 0.331 e. The number of carbonyl (C=O) groups is 3. The number of hydrogen-bond acceptors (Lipinski definition) is 4. The Balaban J connectivity index is 2.25. The number of carbonyl (C=O) groups excluding carboxylic acids is 3. The summed E-state index contributed by atoms with van der Waals surface area (Å²) in [6.07, 6.45) is 4.69. The van der Waals surface area contributed by atoms with Crippen molar-refractivity contribution in [3.8, 4) is 5.75 Å². The van der Waals surface area contributed by atoms with Gasteiger partial charge in [0.25, 0.3) is 11.8 Å². The highest BCUT2D eigenvalue weighted by Gasteiger charge is 2.34. The summed E-state index contributed by atoms with van der Waals surface area (Å²) in [5.74, 6) is -0.604. The second-order valence-corrected chi connectivity index (χ2v) is 4.49. The van der Waals surface area contributed by atoms with Crippen molar-refractivity contribution in [1.82, 2.24) is 10.2 Å². The van der Waals surface area contributed by atoms with Crippen LogP contribution in [-0.2, 0) is 9.59 Å². The van der Waals surface area contributed by atoms with Crippen LogP contribution in [0.3, 0.4) is 0 Å². The molecular weight excluding hydrogens is 284 g/mol. The normalized spacial score (nSPS) is 17.3. The van der Waals surface area contributed by atoms with E-state index in [0.717, 1.165) is 10.5 Å². The van der Waals surface area contributed by atoms with Crippen molar-refractivity contribution in [2.75, 3.05) is 13.7 Å². The summed E-state index contributed by atoms with van der Waals surface area (Å²) in [4.78, 5) is 36.3. The molecule has 6 nitrogen and oxygen atoms in total. The monoisotopic (exact) mass is 300 g/mol. The summed E-state index contributed by atoms with van der Waals surface area (Å²) in [5, 5.41) is 2.13. The maximum atomic E-state index is 12.1. The van der Waals surface area contributed by atoms with Gasteiger partial charge in [0.1, 0.15) is 11.3 Å². The molecule has 1 heterocycles. The topological polar surface area (TPSA) is 75.7 Å². The van der Waals surface area contributed by atoms with Crippen LogP contribution in [0.5, 0.6) is 5.75 Å². The first kappa shape index (κ1) is 15.5. The van der Waals surface area contributed by atoms with Crippen molar-refractivity contribution in [2.24, 2.45) is 0 Å². The lowest BCUT2D eigenvalue weighted by Crippen LogP contribution is -2.53. The molecule has 0 radical (unpaired) electrons. The zero-order valence-corrected chi connectivity index (χ0v) is 12.3. The van der Waals surface area contributed by atoms with Crippen molar-refractivity contribution in [3.05, 3.63) is 47.6 Å². The zero-order valence-electron chi connectivity index (χ0n) is 12.3. The molecule has 4 amide bonds. The van der Waals surface area contributed by atoms with Gasteiger partial charge in [0.05, 0.1) is 7.11 Å². The summed E-state index contributed by atoms with van der Waals surface area (Å²) in [7, 11) is 1.56. The van der Waals surface area contributed by atoms with E-state index in [4.69, 9.17) is 4.74 Å². The predicted molar refractivity (Wildman–Crippen MR) is 81.0 cm³/mol. The van der Waals surface area contributed by atoms with Crippen LogP contribution in [0.15, 0.2) is 42.0 Å². The molecule has 0 atom stereocenters. The van der Waals surface area contributed by atoms with E-state index in [0.29, 0.717) is 5.75 Å². The Morgan fingerprint density at radius 3 is 2.64 bits per heavy atom. The van der Waals surface area contributed by atoms with Crippen molar-refractivity contribution in [2.45, 2.75) is 6.92 Å². The fourth-order valence-electron chi connectivity index (χ4n) is 2.05. The average molecular weight is 300 g/mol. The lowest BCUT2D eigenvalue weighted by Gasteiger charge is -2.24. The van der Waals surface area contributed by atoms with E-state index in [-0.39, 0.29) is 12.1 Å². The number of methoxy groups -OCH3 is 1. The molecule has 0 spiro atoms. The summed E-state index contributed by atoms with van der Waals surface area (Å²) in [5.41, 5.74) is 0.738. The van der Waals surface area contributed by atoms with Crippen LogP contribution in [0.1, 0.15) is 12.5 Å². The van der Waals surface area contributed by atoms with Gasteiger partial charge < -0.3 is 4.74 Å². The maximum absolute atomic E-state index is 12.1. The Bertz CT molecular complexity index is 676. The van der Waals surface area contributed by atoms with Gasteiger partial charge in [-0.2, -0.15) is 0 Å². The van der Waals surface area contributed by atoms with Crippen molar-refractivity contribution < 1.29 is 19.1 Å². The van der Waals surface area contributed by atoms with Crippen molar-refractivity contribution >= 4 is 23.9 Å². The number of likely N-dealkylation sites (N-methyl/N-ethyl adjacent to an activating group) is 1. The van der Waals surface area contributed by atoms with Crippen LogP contribution in [0.25, 0.3) is 6.08 Å². The molecular formula is C16H16N2O4. The van der Waals surface area contributed by atoms with Crippen molar-refractivity contribution in [3.63, 3.8) is 0 Å². The Hall–Kier alpha value is -2.89. The first-order valence-corrected chi connectivity index (χ1v) is 6.77. The molecule has 1 aliphatic rings. The molecule has 6 heteroatoms. The van der Waals surface area contributed by atoms with Gasteiger partial charge in [0.2, 0.25) is 0 Å². The van der Waals surface area contributed by atoms with E-state index in [1.54, 1.807) is 26.2 Å². The molecule has 1 aromatic rings. The van der Waals surface area contributed by atoms with E-state index in [9.17, 15) is 14.4 Å². The number of hydrogen-bond donors (Lipinski definition) is 1. The average Bonchev–Trinajstić information content (AvgIpc) is 2.51. The summed E-state index contributed by atoms with van der Waals surface area (Å²) in [6.45, 7) is 1.86. The van der Waals surface area contributed by atoms with Gasteiger partial charge in [-0.1, -0.05) is 30.4 Å². The van der Waals surface area contributed by atoms with Crippen LogP contribution in [0, 0.1) is 0 Å². The molecule has 0 bridgehead atoms. The van der Waals surface area contributed by atoms with Crippen LogP contribution in [0.2, 0.25) is 0 Å². The van der Waals surface area contributed by atoms with Gasteiger partial charge in [-0.25, -0.2) is 4.79 Å². The number of rotatable bonds is 4. The molecule has 114 valence electrons. The SMILES string of the molecule is CCN1C(=O)NC(=O)/C(=C\C=C\c2ccccc2OC)C1=O. The third-order valence-corrected chi connectivity index (χ3v) is 3.18. The molecule has 1 fully saturated rings. The predicted octanol–water partition coefficient (Wildman–Crippen LogP) is 1.73. The lowest BCUT2D eigenvalue weighted by molar-refractivity contribution is -0.130.